The monoisotopic (exact) mass is 283 g/mol. The third-order valence-electron chi connectivity index (χ3n) is 3.45. The summed E-state index contributed by atoms with van der Waals surface area (Å²) in [7, 11) is 1.94. The molecule has 0 bridgehead atoms. The van der Waals surface area contributed by atoms with Gasteiger partial charge >= 0.3 is 0 Å². The number of carbonyl (C=O) groups is 1. The van der Waals surface area contributed by atoms with Crippen LogP contribution in [-0.2, 0) is 7.05 Å². The van der Waals surface area contributed by atoms with Gasteiger partial charge in [0.15, 0.2) is 0 Å². The lowest BCUT2D eigenvalue weighted by Gasteiger charge is -2.05. The molecule has 0 fully saturated rings. The molecule has 3 rings (SSSR count). The zero-order valence-electron chi connectivity index (χ0n) is 11.7. The molecule has 21 heavy (non-hydrogen) atoms. The van der Waals surface area contributed by atoms with E-state index in [1.165, 1.54) is 18.2 Å². The number of aromatic nitrogens is 2. The standard InChI is InChI=1S/C16H14FN3O/c1-10-18-14-9-13(6-7-15(14)20(10)2)19-16(21)11-4-3-5-12(17)8-11/h3-9H,1-2H3,(H,19,21). The first-order chi connectivity index (χ1) is 10.0. The van der Waals surface area contributed by atoms with Crippen molar-refractivity contribution in [1.29, 1.82) is 0 Å². The van der Waals surface area contributed by atoms with E-state index in [1.807, 2.05) is 24.6 Å². The van der Waals surface area contributed by atoms with E-state index in [9.17, 15) is 9.18 Å². The van der Waals surface area contributed by atoms with Crippen LogP contribution in [0.3, 0.4) is 0 Å². The Morgan fingerprint density at radius 1 is 1.24 bits per heavy atom. The zero-order chi connectivity index (χ0) is 15.0. The fourth-order valence-electron chi connectivity index (χ4n) is 2.23. The van der Waals surface area contributed by atoms with Crippen LogP contribution >= 0.6 is 0 Å². The third kappa shape index (κ3) is 2.50. The molecular weight excluding hydrogens is 269 g/mol. The summed E-state index contributed by atoms with van der Waals surface area (Å²) >= 11 is 0. The molecule has 0 atom stereocenters. The van der Waals surface area contributed by atoms with Gasteiger partial charge in [0.2, 0.25) is 0 Å². The molecule has 1 aromatic heterocycles. The van der Waals surface area contributed by atoms with Crippen molar-refractivity contribution in [2.24, 2.45) is 7.05 Å². The second-order valence-corrected chi connectivity index (χ2v) is 4.89. The van der Waals surface area contributed by atoms with Gasteiger partial charge in [0.05, 0.1) is 11.0 Å². The molecule has 0 aliphatic rings. The Labute approximate surface area is 121 Å². The summed E-state index contributed by atoms with van der Waals surface area (Å²) in [6, 6.07) is 11.1. The average Bonchev–Trinajstić information content (AvgIpc) is 2.73. The molecule has 0 saturated heterocycles. The Hall–Kier alpha value is -2.69. The van der Waals surface area contributed by atoms with Crippen molar-refractivity contribution in [2.75, 3.05) is 5.32 Å². The SMILES string of the molecule is Cc1nc2cc(NC(=O)c3cccc(F)c3)ccc2n1C. The predicted molar refractivity (Wildman–Crippen MR) is 79.8 cm³/mol. The first-order valence-corrected chi connectivity index (χ1v) is 6.54. The van der Waals surface area contributed by atoms with Crippen LogP contribution in [0.2, 0.25) is 0 Å². The number of fused-ring (bicyclic) bond motifs is 1. The second-order valence-electron chi connectivity index (χ2n) is 4.89. The lowest BCUT2D eigenvalue weighted by molar-refractivity contribution is 0.102. The van der Waals surface area contributed by atoms with E-state index >= 15 is 0 Å². The Balaban J connectivity index is 1.89. The van der Waals surface area contributed by atoms with E-state index in [0.717, 1.165) is 16.9 Å². The highest BCUT2D eigenvalue weighted by Crippen LogP contribution is 2.20. The van der Waals surface area contributed by atoms with Gasteiger partial charge in [-0.25, -0.2) is 9.37 Å². The number of benzene rings is 2. The Bertz CT molecular complexity index is 839. The van der Waals surface area contributed by atoms with Crippen LogP contribution in [0.5, 0.6) is 0 Å². The molecule has 1 N–H and O–H groups in total. The summed E-state index contributed by atoms with van der Waals surface area (Å²) in [5.41, 5.74) is 2.73. The van der Waals surface area contributed by atoms with Crippen molar-refractivity contribution < 1.29 is 9.18 Å². The summed E-state index contributed by atoms with van der Waals surface area (Å²) in [6.45, 7) is 1.92. The molecule has 5 heteroatoms. The Morgan fingerprint density at radius 3 is 2.81 bits per heavy atom. The van der Waals surface area contributed by atoms with Crippen molar-refractivity contribution in [3.63, 3.8) is 0 Å². The number of hydrogen-bond donors (Lipinski definition) is 1. The largest absolute Gasteiger partial charge is 0.331 e. The highest BCUT2D eigenvalue weighted by Gasteiger charge is 2.09. The van der Waals surface area contributed by atoms with E-state index in [2.05, 4.69) is 10.3 Å². The molecule has 4 nitrogen and oxygen atoms in total. The molecule has 106 valence electrons. The van der Waals surface area contributed by atoms with Crippen molar-refractivity contribution >= 4 is 22.6 Å². The maximum Gasteiger partial charge on any atom is 0.255 e. The number of anilines is 1. The number of hydrogen-bond acceptors (Lipinski definition) is 2. The number of rotatable bonds is 2. The fourth-order valence-corrected chi connectivity index (χ4v) is 2.23. The predicted octanol–water partition coefficient (Wildman–Crippen LogP) is 3.27. The maximum absolute atomic E-state index is 13.1. The normalized spacial score (nSPS) is 10.8. The first kappa shape index (κ1) is 13.3. The van der Waals surface area contributed by atoms with Crippen LogP contribution in [0, 0.1) is 12.7 Å². The average molecular weight is 283 g/mol. The summed E-state index contributed by atoms with van der Waals surface area (Å²) in [6.07, 6.45) is 0. The second kappa shape index (κ2) is 5.01. The molecule has 0 radical (unpaired) electrons. The van der Waals surface area contributed by atoms with Gasteiger partial charge in [-0.05, 0) is 43.3 Å². The molecule has 1 amide bonds. The van der Waals surface area contributed by atoms with Crippen LogP contribution in [0.4, 0.5) is 10.1 Å². The Morgan fingerprint density at radius 2 is 2.05 bits per heavy atom. The van der Waals surface area contributed by atoms with Crippen LogP contribution in [0.25, 0.3) is 11.0 Å². The molecule has 3 aromatic rings. The van der Waals surface area contributed by atoms with E-state index in [-0.39, 0.29) is 11.5 Å². The van der Waals surface area contributed by atoms with Gasteiger partial charge < -0.3 is 9.88 Å². The van der Waals surface area contributed by atoms with Crippen LogP contribution in [0.15, 0.2) is 42.5 Å². The molecule has 0 spiro atoms. The number of nitrogens with one attached hydrogen (secondary N) is 1. The summed E-state index contributed by atoms with van der Waals surface area (Å²) < 4.78 is 15.1. The van der Waals surface area contributed by atoms with E-state index in [4.69, 9.17) is 0 Å². The van der Waals surface area contributed by atoms with E-state index in [1.54, 1.807) is 18.2 Å². The maximum atomic E-state index is 13.1. The number of imidazole rings is 1. The lowest BCUT2D eigenvalue weighted by Crippen LogP contribution is -2.11. The highest BCUT2D eigenvalue weighted by atomic mass is 19.1. The minimum atomic E-state index is -0.432. The quantitative estimate of drug-likeness (QED) is 0.784. The van der Waals surface area contributed by atoms with Gasteiger partial charge in [-0.3, -0.25) is 4.79 Å². The van der Waals surface area contributed by atoms with Gasteiger partial charge in [0.1, 0.15) is 11.6 Å². The number of halogens is 1. The minimum Gasteiger partial charge on any atom is -0.331 e. The third-order valence-corrected chi connectivity index (χ3v) is 3.45. The number of carbonyl (C=O) groups excluding carboxylic acids is 1. The summed E-state index contributed by atoms with van der Waals surface area (Å²) in [5.74, 6) is 0.124. The van der Waals surface area contributed by atoms with Crippen LogP contribution in [-0.4, -0.2) is 15.5 Å². The number of nitrogens with zero attached hydrogens (tertiary/aromatic N) is 2. The molecule has 0 saturated carbocycles. The highest BCUT2D eigenvalue weighted by molar-refractivity contribution is 6.04. The smallest absolute Gasteiger partial charge is 0.255 e. The number of aryl methyl sites for hydroxylation is 2. The van der Waals surface area contributed by atoms with Gasteiger partial charge in [-0.1, -0.05) is 6.07 Å². The van der Waals surface area contributed by atoms with Crippen molar-refractivity contribution in [3.8, 4) is 0 Å². The molecule has 2 aromatic carbocycles. The molecule has 0 unspecified atom stereocenters. The summed E-state index contributed by atoms with van der Waals surface area (Å²) in [4.78, 5) is 16.5. The molecule has 0 aliphatic carbocycles. The van der Waals surface area contributed by atoms with Crippen molar-refractivity contribution in [3.05, 3.63) is 59.7 Å². The van der Waals surface area contributed by atoms with E-state index < -0.39 is 5.82 Å². The molecular formula is C16H14FN3O. The van der Waals surface area contributed by atoms with Crippen molar-refractivity contribution in [1.82, 2.24) is 9.55 Å². The van der Waals surface area contributed by atoms with Crippen molar-refractivity contribution in [2.45, 2.75) is 6.92 Å². The first-order valence-electron chi connectivity index (χ1n) is 6.54. The summed E-state index contributed by atoms with van der Waals surface area (Å²) in [5, 5.41) is 2.75. The Kier molecular flexibility index (Phi) is 3.17. The number of amides is 1. The minimum absolute atomic E-state index is 0.285. The van der Waals surface area contributed by atoms with Crippen LogP contribution in [0.1, 0.15) is 16.2 Å². The van der Waals surface area contributed by atoms with Gasteiger partial charge in [-0.15, -0.1) is 0 Å². The lowest BCUT2D eigenvalue weighted by atomic mass is 10.2. The van der Waals surface area contributed by atoms with Gasteiger partial charge in [0, 0.05) is 18.3 Å². The topological polar surface area (TPSA) is 46.9 Å². The molecule has 1 heterocycles. The van der Waals surface area contributed by atoms with Gasteiger partial charge in [-0.2, -0.15) is 0 Å². The molecule has 0 aliphatic heterocycles. The zero-order valence-corrected chi connectivity index (χ0v) is 11.7. The fraction of sp³-hybridized carbons (Fsp3) is 0.125. The van der Waals surface area contributed by atoms with E-state index in [0.29, 0.717) is 5.69 Å². The van der Waals surface area contributed by atoms with Crippen LogP contribution < -0.4 is 5.32 Å². The van der Waals surface area contributed by atoms with Gasteiger partial charge in [0.25, 0.3) is 5.91 Å².